The standard InChI is InChI=1S/C28H34Br2ClN3O2/c1-28(2,3)15-23(35)32-9-6-24(36)34-10-7-17(8-11-34)26-25-18(13-21(31)14-22(25)30)4-5-19-12-20(29)16-33-27(19)26/h12-14,16-17,26H,4-11,15H2,1-3H3,(H,32,35)/t26-/m1/s1. The predicted molar refractivity (Wildman–Crippen MR) is 151 cm³/mol. The quantitative estimate of drug-likeness (QED) is 0.398. The highest BCUT2D eigenvalue weighted by molar-refractivity contribution is 9.10. The Morgan fingerprint density at radius 1 is 1.11 bits per heavy atom. The molecule has 36 heavy (non-hydrogen) atoms. The summed E-state index contributed by atoms with van der Waals surface area (Å²) < 4.78 is 2.04. The largest absolute Gasteiger partial charge is 0.356 e. The number of hydrogen-bond donors (Lipinski definition) is 1. The van der Waals surface area contributed by atoms with Gasteiger partial charge >= 0.3 is 0 Å². The molecule has 2 amide bonds. The molecule has 1 atom stereocenters. The molecule has 0 spiro atoms. The van der Waals surface area contributed by atoms with E-state index in [9.17, 15) is 9.59 Å². The molecule has 1 N–H and O–H groups in total. The van der Waals surface area contributed by atoms with E-state index < -0.39 is 0 Å². The Balaban J connectivity index is 1.45. The third kappa shape index (κ3) is 6.70. The van der Waals surface area contributed by atoms with Crippen molar-refractivity contribution in [2.45, 2.75) is 65.2 Å². The molecule has 0 bridgehead atoms. The lowest BCUT2D eigenvalue weighted by Crippen LogP contribution is -2.41. The van der Waals surface area contributed by atoms with Crippen molar-refractivity contribution in [3.05, 3.63) is 60.7 Å². The number of carbonyl (C=O) groups excluding carboxylic acids is 2. The Kier molecular flexibility index (Phi) is 8.83. The number of rotatable bonds is 5. The van der Waals surface area contributed by atoms with Crippen LogP contribution in [0.2, 0.25) is 5.02 Å². The SMILES string of the molecule is CC(C)(C)CC(=O)NCCC(=O)N1CCC([C@H]2c3ncc(Br)cc3CCc3cc(Cl)cc(Br)c32)CC1. The minimum atomic E-state index is -0.0591. The van der Waals surface area contributed by atoms with Crippen molar-refractivity contribution >= 4 is 55.3 Å². The van der Waals surface area contributed by atoms with E-state index in [-0.39, 0.29) is 23.1 Å². The fraction of sp³-hybridized carbons (Fsp3) is 0.536. The van der Waals surface area contributed by atoms with Crippen molar-refractivity contribution in [3.63, 3.8) is 0 Å². The molecular formula is C28H34Br2ClN3O2. The average Bonchev–Trinajstić information content (AvgIpc) is 2.94. The fourth-order valence-corrected chi connectivity index (χ4v) is 7.02. The van der Waals surface area contributed by atoms with Crippen molar-refractivity contribution in [1.82, 2.24) is 15.2 Å². The Hall–Kier alpha value is -1.44. The van der Waals surface area contributed by atoms with E-state index in [0.29, 0.717) is 25.3 Å². The molecule has 4 rings (SSSR count). The second-order valence-electron chi connectivity index (χ2n) is 11.2. The summed E-state index contributed by atoms with van der Waals surface area (Å²) in [6.45, 7) is 7.95. The van der Waals surface area contributed by atoms with Crippen LogP contribution in [0.25, 0.3) is 0 Å². The van der Waals surface area contributed by atoms with Gasteiger partial charge in [0.2, 0.25) is 11.8 Å². The summed E-state index contributed by atoms with van der Waals surface area (Å²) in [4.78, 5) is 31.8. The number of aryl methyl sites for hydroxylation is 2. The molecule has 194 valence electrons. The zero-order chi connectivity index (χ0) is 26.0. The number of halogens is 3. The molecule has 0 saturated carbocycles. The summed E-state index contributed by atoms with van der Waals surface area (Å²) in [6, 6.07) is 6.29. The molecule has 2 aliphatic rings. The van der Waals surface area contributed by atoms with E-state index in [2.05, 4.69) is 49.3 Å². The fourth-order valence-electron chi connectivity index (χ4n) is 5.52. The number of carbonyl (C=O) groups is 2. The van der Waals surface area contributed by atoms with E-state index in [0.717, 1.165) is 58.4 Å². The van der Waals surface area contributed by atoms with Gasteiger partial charge in [-0.3, -0.25) is 14.6 Å². The van der Waals surface area contributed by atoms with Crippen molar-refractivity contribution < 1.29 is 9.59 Å². The maximum absolute atomic E-state index is 12.9. The second-order valence-corrected chi connectivity index (χ2v) is 13.4. The minimum Gasteiger partial charge on any atom is -0.356 e. The molecule has 1 aliphatic carbocycles. The van der Waals surface area contributed by atoms with Gasteiger partial charge in [-0.1, -0.05) is 48.3 Å². The number of pyridine rings is 1. The van der Waals surface area contributed by atoms with Gasteiger partial charge in [0, 0.05) is 58.6 Å². The first kappa shape index (κ1) is 27.6. The van der Waals surface area contributed by atoms with Crippen LogP contribution < -0.4 is 5.32 Å². The molecular weight excluding hydrogens is 606 g/mol. The van der Waals surface area contributed by atoms with Crippen molar-refractivity contribution in [3.8, 4) is 0 Å². The first-order valence-corrected chi connectivity index (χ1v) is 14.6. The lowest BCUT2D eigenvalue weighted by Gasteiger charge is -2.37. The van der Waals surface area contributed by atoms with Gasteiger partial charge in [0.15, 0.2) is 0 Å². The Morgan fingerprint density at radius 3 is 2.50 bits per heavy atom. The topological polar surface area (TPSA) is 62.3 Å². The maximum atomic E-state index is 12.9. The van der Waals surface area contributed by atoms with E-state index in [1.54, 1.807) is 0 Å². The van der Waals surface area contributed by atoms with Crippen LogP contribution in [0.15, 0.2) is 33.3 Å². The first-order chi connectivity index (χ1) is 17.0. The van der Waals surface area contributed by atoms with Crippen LogP contribution in [0, 0.1) is 11.3 Å². The molecule has 1 aromatic carbocycles. The number of fused-ring (bicyclic) bond motifs is 2. The van der Waals surface area contributed by atoms with E-state index in [4.69, 9.17) is 16.6 Å². The number of nitrogens with one attached hydrogen (secondary N) is 1. The highest BCUT2D eigenvalue weighted by atomic mass is 79.9. The van der Waals surface area contributed by atoms with Crippen LogP contribution in [0.3, 0.4) is 0 Å². The number of amides is 2. The van der Waals surface area contributed by atoms with Crippen LogP contribution in [0.4, 0.5) is 0 Å². The minimum absolute atomic E-state index is 0.00418. The summed E-state index contributed by atoms with van der Waals surface area (Å²) in [5.74, 6) is 0.652. The predicted octanol–water partition coefficient (Wildman–Crippen LogP) is 6.67. The molecule has 8 heteroatoms. The molecule has 1 aromatic heterocycles. The molecule has 2 heterocycles. The van der Waals surface area contributed by atoms with Crippen molar-refractivity contribution in [1.29, 1.82) is 0 Å². The zero-order valence-corrected chi connectivity index (χ0v) is 25.1. The number of benzene rings is 1. The Bertz CT molecular complexity index is 1140. The van der Waals surface area contributed by atoms with E-state index >= 15 is 0 Å². The molecule has 1 fully saturated rings. The van der Waals surface area contributed by atoms with Crippen LogP contribution in [-0.4, -0.2) is 41.3 Å². The van der Waals surface area contributed by atoms with Gasteiger partial charge in [0.1, 0.15) is 0 Å². The maximum Gasteiger partial charge on any atom is 0.224 e. The van der Waals surface area contributed by atoms with Gasteiger partial charge in [-0.2, -0.15) is 0 Å². The van der Waals surface area contributed by atoms with Gasteiger partial charge in [0.05, 0.1) is 5.69 Å². The van der Waals surface area contributed by atoms with Crippen LogP contribution in [-0.2, 0) is 22.4 Å². The summed E-state index contributed by atoms with van der Waals surface area (Å²) in [5.41, 5.74) is 4.93. The summed E-state index contributed by atoms with van der Waals surface area (Å²) >= 11 is 13.8. The van der Waals surface area contributed by atoms with Gasteiger partial charge in [-0.25, -0.2) is 0 Å². The van der Waals surface area contributed by atoms with Gasteiger partial charge in [0.25, 0.3) is 0 Å². The summed E-state index contributed by atoms with van der Waals surface area (Å²) in [5, 5.41) is 3.64. The van der Waals surface area contributed by atoms with Gasteiger partial charge in [-0.05, 0) is 87.8 Å². The molecule has 5 nitrogen and oxygen atoms in total. The lowest BCUT2D eigenvalue weighted by atomic mass is 9.76. The van der Waals surface area contributed by atoms with Crippen molar-refractivity contribution in [2.24, 2.45) is 11.3 Å². The van der Waals surface area contributed by atoms with Crippen LogP contribution >= 0.6 is 43.5 Å². The normalized spacial score (nSPS) is 18.3. The highest BCUT2D eigenvalue weighted by Gasteiger charge is 2.36. The van der Waals surface area contributed by atoms with Crippen LogP contribution in [0.1, 0.15) is 74.8 Å². The molecule has 1 saturated heterocycles. The molecule has 2 aromatic rings. The summed E-state index contributed by atoms with van der Waals surface area (Å²) in [6.07, 6.45) is 6.38. The number of hydrogen-bond acceptors (Lipinski definition) is 3. The smallest absolute Gasteiger partial charge is 0.224 e. The average molecular weight is 640 g/mol. The molecule has 0 radical (unpaired) electrons. The van der Waals surface area contributed by atoms with Crippen LogP contribution in [0.5, 0.6) is 0 Å². The number of likely N-dealkylation sites (tertiary alicyclic amines) is 1. The number of aromatic nitrogens is 1. The lowest BCUT2D eigenvalue weighted by molar-refractivity contribution is -0.132. The van der Waals surface area contributed by atoms with Gasteiger partial charge in [-0.15, -0.1) is 0 Å². The Labute approximate surface area is 236 Å². The zero-order valence-electron chi connectivity index (χ0n) is 21.2. The summed E-state index contributed by atoms with van der Waals surface area (Å²) in [7, 11) is 0. The second kappa shape index (κ2) is 11.5. The highest BCUT2D eigenvalue weighted by Crippen LogP contribution is 2.46. The molecule has 1 aliphatic heterocycles. The number of nitrogens with zero attached hydrogens (tertiary/aromatic N) is 2. The van der Waals surface area contributed by atoms with Gasteiger partial charge < -0.3 is 10.2 Å². The third-order valence-electron chi connectivity index (χ3n) is 7.13. The molecule has 0 unspecified atom stereocenters. The number of piperidine rings is 1. The van der Waals surface area contributed by atoms with Crippen molar-refractivity contribution in [2.75, 3.05) is 19.6 Å². The van der Waals surface area contributed by atoms with E-state index in [1.165, 1.54) is 16.7 Å². The first-order valence-electron chi connectivity index (χ1n) is 12.7. The van der Waals surface area contributed by atoms with E-state index in [1.807, 2.05) is 37.9 Å². The monoisotopic (exact) mass is 637 g/mol. The third-order valence-corrected chi connectivity index (χ3v) is 8.44. The Morgan fingerprint density at radius 2 is 1.81 bits per heavy atom.